The van der Waals surface area contributed by atoms with Gasteiger partial charge in [0.1, 0.15) is 5.75 Å². The average Bonchev–Trinajstić information content (AvgIpc) is 3.21. The number of non-ortho nitro benzene ring substituents is 1. The summed E-state index contributed by atoms with van der Waals surface area (Å²) in [4.78, 5) is 16.1. The van der Waals surface area contributed by atoms with Crippen LogP contribution in [0.1, 0.15) is 5.56 Å². The van der Waals surface area contributed by atoms with Crippen LogP contribution in [0.4, 0.5) is 10.8 Å². The molecule has 1 aromatic heterocycles. The third kappa shape index (κ3) is 4.79. The number of benzene rings is 3. The number of nitro benzene ring substituents is 1. The number of phenols is 1. The second kappa shape index (κ2) is 9.07. The highest BCUT2D eigenvalue weighted by molar-refractivity contribution is 9.10. The van der Waals surface area contributed by atoms with Gasteiger partial charge in [0, 0.05) is 27.7 Å². The number of nitro groups is 1. The summed E-state index contributed by atoms with van der Waals surface area (Å²) in [5.41, 5.74) is 6.00. The molecule has 0 fully saturated rings. The molecule has 1 heterocycles. The molecule has 0 unspecified atom stereocenters. The van der Waals surface area contributed by atoms with Gasteiger partial charge < -0.3 is 5.11 Å². The molecule has 0 spiro atoms. The van der Waals surface area contributed by atoms with Crippen molar-refractivity contribution in [1.29, 1.82) is 0 Å². The van der Waals surface area contributed by atoms with Gasteiger partial charge in [-0.1, -0.05) is 57.6 Å². The first-order chi connectivity index (χ1) is 15.0. The van der Waals surface area contributed by atoms with E-state index in [4.69, 9.17) is 0 Å². The monoisotopic (exact) mass is 494 g/mol. The summed E-state index contributed by atoms with van der Waals surface area (Å²) in [5, 5.41) is 25.7. The molecule has 31 heavy (non-hydrogen) atoms. The Hall–Kier alpha value is -3.56. The number of aromatic hydroxyl groups is 1. The highest BCUT2D eigenvalue weighted by Crippen LogP contribution is 2.39. The molecule has 7 nitrogen and oxygen atoms in total. The van der Waals surface area contributed by atoms with E-state index in [2.05, 4.69) is 31.4 Å². The minimum atomic E-state index is -0.423. The molecule has 0 aliphatic heterocycles. The molecule has 0 aliphatic rings. The molecule has 0 saturated carbocycles. The zero-order valence-electron chi connectivity index (χ0n) is 15.9. The number of rotatable bonds is 6. The second-order valence-electron chi connectivity index (χ2n) is 6.44. The zero-order chi connectivity index (χ0) is 21.8. The minimum Gasteiger partial charge on any atom is -0.507 e. The topological polar surface area (TPSA) is 101 Å². The van der Waals surface area contributed by atoms with Crippen molar-refractivity contribution in [1.82, 2.24) is 4.98 Å². The highest BCUT2D eigenvalue weighted by atomic mass is 79.9. The fraction of sp³-hybridized carbons (Fsp3) is 0. The van der Waals surface area contributed by atoms with Crippen LogP contribution in [0.2, 0.25) is 0 Å². The molecule has 9 heteroatoms. The number of nitrogens with one attached hydrogen (secondary N) is 1. The van der Waals surface area contributed by atoms with Gasteiger partial charge in [0.2, 0.25) is 5.13 Å². The number of halogens is 1. The van der Waals surface area contributed by atoms with Crippen molar-refractivity contribution < 1.29 is 10.0 Å². The van der Waals surface area contributed by atoms with Gasteiger partial charge in [-0.25, -0.2) is 4.98 Å². The van der Waals surface area contributed by atoms with Crippen LogP contribution in [0.5, 0.6) is 5.75 Å². The van der Waals surface area contributed by atoms with Gasteiger partial charge in [0.25, 0.3) is 5.69 Å². The first-order valence-electron chi connectivity index (χ1n) is 9.10. The van der Waals surface area contributed by atoms with Crippen molar-refractivity contribution in [2.75, 3.05) is 5.43 Å². The van der Waals surface area contributed by atoms with E-state index in [0.717, 1.165) is 26.2 Å². The lowest BCUT2D eigenvalue weighted by atomic mass is 10.1. The standard InChI is InChI=1S/C22H15BrN4O3S/c23-17-8-11-19(28)16(12-17)13-24-26-22-25-20(14-4-2-1-3-5-14)21(31-22)15-6-9-18(10-7-15)27(29)30/h1-13,28H,(H,25,26)/b24-13-. The zero-order valence-corrected chi connectivity index (χ0v) is 18.3. The molecule has 0 amide bonds. The second-order valence-corrected chi connectivity index (χ2v) is 8.35. The van der Waals surface area contributed by atoms with Crippen LogP contribution in [-0.4, -0.2) is 21.2 Å². The third-order valence-corrected chi connectivity index (χ3v) is 5.87. The summed E-state index contributed by atoms with van der Waals surface area (Å²) in [6, 6.07) is 21.1. The van der Waals surface area contributed by atoms with E-state index in [9.17, 15) is 15.2 Å². The largest absolute Gasteiger partial charge is 0.507 e. The summed E-state index contributed by atoms with van der Waals surface area (Å²) >= 11 is 4.75. The fourth-order valence-electron chi connectivity index (χ4n) is 2.88. The smallest absolute Gasteiger partial charge is 0.269 e. The highest BCUT2D eigenvalue weighted by Gasteiger charge is 2.16. The Labute approximate surface area is 190 Å². The number of hydrogen-bond acceptors (Lipinski definition) is 7. The Bertz CT molecular complexity index is 1260. The van der Waals surface area contributed by atoms with Crippen molar-refractivity contribution in [3.8, 4) is 27.4 Å². The predicted octanol–water partition coefficient (Wildman–Crippen LogP) is 6.30. The number of hydrazone groups is 1. The summed E-state index contributed by atoms with van der Waals surface area (Å²) in [5.74, 6) is 0.115. The Morgan fingerprint density at radius 3 is 2.52 bits per heavy atom. The Kier molecular flexibility index (Phi) is 6.06. The molecule has 0 bridgehead atoms. The van der Waals surface area contributed by atoms with E-state index in [0.29, 0.717) is 10.7 Å². The number of hydrogen-bond donors (Lipinski definition) is 2. The number of aromatic nitrogens is 1. The van der Waals surface area contributed by atoms with Crippen LogP contribution in [0.25, 0.3) is 21.7 Å². The Balaban J connectivity index is 1.67. The first-order valence-corrected chi connectivity index (χ1v) is 10.7. The molecule has 4 rings (SSSR count). The summed E-state index contributed by atoms with van der Waals surface area (Å²) < 4.78 is 0.827. The number of nitrogens with zero attached hydrogens (tertiary/aromatic N) is 3. The van der Waals surface area contributed by atoms with Crippen LogP contribution in [0.15, 0.2) is 82.4 Å². The maximum absolute atomic E-state index is 11.0. The number of anilines is 1. The molecule has 0 aliphatic carbocycles. The maximum Gasteiger partial charge on any atom is 0.269 e. The summed E-state index contributed by atoms with van der Waals surface area (Å²) in [7, 11) is 0. The molecule has 3 aromatic carbocycles. The van der Waals surface area contributed by atoms with Gasteiger partial charge in [-0.15, -0.1) is 0 Å². The quantitative estimate of drug-likeness (QED) is 0.186. The molecular weight excluding hydrogens is 480 g/mol. The Morgan fingerprint density at radius 2 is 1.81 bits per heavy atom. The maximum atomic E-state index is 11.0. The summed E-state index contributed by atoms with van der Waals surface area (Å²) in [6.45, 7) is 0. The predicted molar refractivity (Wildman–Crippen MR) is 127 cm³/mol. The van der Waals surface area contributed by atoms with Gasteiger partial charge in [0.15, 0.2) is 0 Å². The molecule has 0 saturated heterocycles. The molecule has 0 atom stereocenters. The normalized spacial score (nSPS) is 11.0. The lowest BCUT2D eigenvalue weighted by molar-refractivity contribution is -0.384. The average molecular weight is 495 g/mol. The van der Waals surface area contributed by atoms with E-state index in [-0.39, 0.29) is 11.4 Å². The van der Waals surface area contributed by atoms with Crippen molar-refractivity contribution in [2.45, 2.75) is 0 Å². The van der Waals surface area contributed by atoms with Crippen LogP contribution < -0.4 is 5.43 Å². The number of phenolic OH excluding ortho intramolecular Hbond substituents is 1. The summed E-state index contributed by atoms with van der Waals surface area (Å²) in [6.07, 6.45) is 1.51. The van der Waals surface area contributed by atoms with E-state index < -0.39 is 4.92 Å². The van der Waals surface area contributed by atoms with Gasteiger partial charge in [-0.3, -0.25) is 15.5 Å². The minimum absolute atomic E-state index is 0.0336. The molecule has 154 valence electrons. The van der Waals surface area contributed by atoms with E-state index in [1.165, 1.54) is 29.7 Å². The third-order valence-electron chi connectivity index (χ3n) is 4.37. The van der Waals surface area contributed by atoms with Crippen molar-refractivity contribution in [2.24, 2.45) is 5.10 Å². The van der Waals surface area contributed by atoms with Crippen molar-refractivity contribution in [3.63, 3.8) is 0 Å². The molecule has 4 aromatic rings. The SMILES string of the molecule is O=[N+]([O-])c1ccc(-c2sc(N/N=C\c3cc(Br)ccc3O)nc2-c2ccccc2)cc1. The lowest BCUT2D eigenvalue weighted by Crippen LogP contribution is -1.91. The van der Waals surface area contributed by atoms with Crippen molar-refractivity contribution >= 4 is 44.3 Å². The Morgan fingerprint density at radius 1 is 1.06 bits per heavy atom. The molecule has 2 N–H and O–H groups in total. The molecule has 0 radical (unpaired) electrons. The van der Waals surface area contributed by atoms with E-state index >= 15 is 0 Å². The van der Waals surface area contributed by atoms with Crippen LogP contribution in [0, 0.1) is 10.1 Å². The fourth-order valence-corrected chi connectivity index (χ4v) is 4.20. The van der Waals surface area contributed by atoms with Gasteiger partial charge in [-0.2, -0.15) is 5.10 Å². The van der Waals surface area contributed by atoms with E-state index in [1.807, 2.05) is 30.3 Å². The van der Waals surface area contributed by atoms with Crippen molar-refractivity contribution in [3.05, 3.63) is 92.9 Å². The first kappa shape index (κ1) is 20.7. The van der Waals surface area contributed by atoms with E-state index in [1.54, 1.807) is 30.3 Å². The van der Waals surface area contributed by atoms with Gasteiger partial charge in [0.05, 0.1) is 21.7 Å². The van der Waals surface area contributed by atoms with Gasteiger partial charge >= 0.3 is 0 Å². The van der Waals surface area contributed by atoms with Crippen LogP contribution in [-0.2, 0) is 0 Å². The lowest BCUT2D eigenvalue weighted by Gasteiger charge is -2.02. The van der Waals surface area contributed by atoms with Gasteiger partial charge in [-0.05, 0) is 35.9 Å². The number of thiazole rings is 1. The molecular formula is C22H15BrN4O3S. The van der Waals surface area contributed by atoms with Crippen LogP contribution >= 0.6 is 27.3 Å². The van der Waals surface area contributed by atoms with Crippen LogP contribution in [0.3, 0.4) is 0 Å².